The van der Waals surface area contributed by atoms with E-state index >= 15 is 0 Å². The molecule has 2 aromatic heterocycles. The largest absolute Gasteiger partial charge is 0.478 e. The molecule has 0 aliphatic carbocycles. The van der Waals surface area contributed by atoms with Crippen LogP contribution >= 0.6 is 0 Å². The first-order valence-electron chi connectivity index (χ1n) is 6.41. The van der Waals surface area contributed by atoms with Gasteiger partial charge in [0, 0.05) is 18.4 Å². The molecule has 1 N–H and O–H groups in total. The number of nitrogens with zero attached hydrogens (tertiary/aromatic N) is 2. The van der Waals surface area contributed by atoms with Crippen molar-refractivity contribution in [2.45, 2.75) is 12.8 Å². The number of rotatable bonds is 5. The van der Waals surface area contributed by atoms with Crippen LogP contribution in [0.5, 0.6) is 0 Å². The number of carboxylic acids is 1. The molecule has 0 fully saturated rings. The van der Waals surface area contributed by atoms with Gasteiger partial charge in [-0.1, -0.05) is 6.07 Å². The maximum absolute atomic E-state index is 10.9. The normalized spacial score (nSPS) is 10.7. The molecule has 0 spiro atoms. The Kier molecular flexibility index (Phi) is 3.51. The number of benzene rings is 1. The Morgan fingerprint density at radius 2 is 2.05 bits per heavy atom. The van der Waals surface area contributed by atoms with E-state index in [0.717, 1.165) is 5.76 Å². The number of carbonyl (C=O) groups is 1. The molecule has 6 heteroatoms. The lowest BCUT2D eigenvalue weighted by molar-refractivity contribution is 0.0697. The quantitative estimate of drug-likeness (QED) is 0.774. The summed E-state index contributed by atoms with van der Waals surface area (Å²) in [7, 11) is 0. The van der Waals surface area contributed by atoms with Gasteiger partial charge < -0.3 is 13.9 Å². The van der Waals surface area contributed by atoms with Crippen LogP contribution in [-0.4, -0.2) is 21.3 Å². The smallest absolute Gasteiger partial charge is 0.335 e. The number of hydrogen-bond acceptors (Lipinski definition) is 5. The van der Waals surface area contributed by atoms with E-state index < -0.39 is 5.97 Å². The molecule has 3 rings (SSSR count). The van der Waals surface area contributed by atoms with E-state index in [9.17, 15) is 4.79 Å². The molecule has 0 unspecified atom stereocenters. The van der Waals surface area contributed by atoms with E-state index in [2.05, 4.69) is 10.2 Å². The minimum absolute atomic E-state index is 0.183. The Hall–Kier alpha value is -2.89. The van der Waals surface area contributed by atoms with Gasteiger partial charge in [-0.2, -0.15) is 0 Å². The summed E-state index contributed by atoms with van der Waals surface area (Å²) in [6.45, 7) is 0. The highest BCUT2D eigenvalue weighted by Crippen LogP contribution is 2.20. The molecule has 0 saturated heterocycles. The predicted octanol–water partition coefficient (Wildman–Crippen LogP) is 2.81. The first-order chi connectivity index (χ1) is 10.2. The highest BCUT2D eigenvalue weighted by Gasteiger charge is 2.11. The van der Waals surface area contributed by atoms with Crippen LogP contribution in [0.2, 0.25) is 0 Å². The average Bonchev–Trinajstić information content (AvgIpc) is 3.17. The van der Waals surface area contributed by atoms with Gasteiger partial charge >= 0.3 is 5.97 Å². The van der Waals surface area contributed by atoms with E-state index in [1.807, 2.05) is 12.1 Å². The average molecular weight is 284 g/mol. The SMILES string of the molecule is O=C(O)c1cccc(-c2nnc(CCc3ccco3)o2)c1. The molecule has 2 heterocycles. The molecule has 0 aliphatic heterocycles. The molecule has 0 aliphatic rings. The van der Waals surface area contributed by atoms with Crippen LogP contribution in [0.1, 0.15) is 22.0 Å². The molecule has 3 aromatic rings. The second kappa shape index (κ2) is 5.62. The Morgan fingerprint density at radius 3 is 2.81 bits per heavy atom. The third-order valence-electron chi connectivity index (χ3n) is 2.99. The summed E-state index contributed by atoms with van der Waals surface area (Å²) in [6, 6.07) is 10.1. The lowest BCUT2D eigenvalue weighted by Crippen LogP contribution is -1.95. The van der Waals surface area contributed by atoms with Crippen molar-refractivity contribution in [1.82, 2.24) is 10.2 Å². The first-order valence-corrected chi connectivity index (χ1v) is 6.41. The molecule has 0 saturated carbocycles. The number of aryl methyl sites for hydroxylation is 2. The number of aromatic nitrogens is 2. The highest BCUT2D eigenvalue weighted by atomic mass is 16.4. The fourth-order valence-corrected chi connectivity index (χ4v) is 1.94. The van der Waals surface area contributed by atoms with Gasteiger partial charge in [-0.3, -0.25) is 0 Å². The van der Waals surface area contributed by atoms with Gasteiger partial charge in [0.15, 0.2) is 0 Å². The summed E-state index contributed by atoms with van der Waals surface area (Å²) in [6.07, 6.45) is 2.86. The van der Waals surface area contributed by atoms with Crippen molar-refractivity contribution in [3.05, 3.63) is 59.9 Å². The molecular weight excluding hydrogens is 272 g/mol. The van der Waals surface area contributed by atoms with E-state index in [-0.39, 0.29) is 5.56 Å². The summed E-state index contributed by atoms with van der Waals surface area (Å²) >= 11 is 0. The Balaban J connectivity index is 1.75. The zero-order valence-electron chi connectivity index (χ0n) is 11.0. The summed E-state index contributed by atoms with van der Waals surface area (Å²) in [5.41, 5.74) is 0.773. The third kappa shape index (κ3) is 3.00. The van der Waals surface area contributed by atoms with Crippen LogP contribution in [0, 0.1) is 0 Å². The fraction of sp³-hybridized carbons (Fsp3) is 0.133. The van der Waals surface area contributed by atoms with E-state index in [1.165, 1.54) is 12.1 Å². The fourth-order valence-electron chi connectivity index (χ4n) is 1.94. The summed E-state index contributed by atoms with van der Waals surface area (Å²) in [4.78, 5) is 10.9. The number of furan rings is 1. The molecule has 0 bridgehead atoms. The summed E-state index contributed by atoms with van der Waals surface area (Å²) in [5.74, 6) is 0.659. The van der Waals surface area contributed by atoms with E-state index in [4.69, 9.17) is 13.9 Å². The minimum Gasteiger partial charge on any atom is -0.478 e. The van der Waals surface area contributed by atoms with E-state index in [1.54, 1.807) is 18.4 Å². The van der Waals surface area contributed by atoms with Crippen molar-refractivity contribution in [3.63, 3.8) is 0 Å². The molecule has 0 atom stereocenters. The molecular formula is C15H12N2O4. The second-order valence-corrected chi connectivity index (χ2v) is 4.47. The number of carboxylic acid groups (broad SMARTS) is 1. The molecule has 0 radical (unpaired) electrons. The van der Waals surface area contributed by atoms with Gasteiger partial charge in [0.2, 0.25) is 11.8 Å². The molecule has 6 nitrogen and oxygen atoms in total. The summed E-state index contributed by atoms with van der Waals surface area (Å²) in [5, 5.41) is 16.9. The standard InChI is InChI=1S/C15H12N2O4/c18-15(19)11-4-1-3-10(9-11)14-17-16-13(21-14)7-6-12-5-2-8-20-12/h1-5,8-9H,6-7H2,(H,18,19). The predicted molar refractivity (Wildman–Crippen MR) is 72.8 cm³/mol. The molecule has 106 valence electrons. The van der Waals surface area contributed by atoms with Crippen molar-refractivity contribution in [1.29, 1.82) is 0 Å². The highest BCUT2D eigenvalue weighted by molar-refractivity contribution is 5.88. The van der Waals surface area contributed by atoms with Crippen molar-refractivity contribution in [2.75, 3.05) is 0 Å². The maximum Gasteiger partial charge on any atom is 0.335 e. The van der Waals surface area contributed by atoms with Crippen LogP contribution in [-0.2, 0) is 12.8 Å². The van der Waals surface area contributed by atoms with Gasteiger partial charge in [0.1, 0.15) is 5.76 Å². The number of hydrogen-bond donors (Lipinski definition) is 1. The monoisotopic (exact) mass is 284 g/mol. The number of aromatic carboxylic acids is 1. The Labute approximate surface area is 120 Å². The van der Waals surface area contributed by atoms with Crippen LogP contribution in [0.15, 0.2) is 51.5 Å². The Morgan fingerprint density at radius 1 is 1.14 bits per heavy atom. The van der Waals surface area contributed by atoms with Crippen LogP contribution in [0.25, 0.3) is 11.5 Å². The molecule has 1 aromatic carbocycles. The van der Waals surface area contributed by atoms with Gasteiger partial charge in [-0.05, 0) is 30.3 Å². The topological polar surface area (TPSA) is 89.4 Å². The van der Waals surface area contributed by atoms with Crippen LogP contribution < -0.4 is 0 Å². The lowest BCUT2D eigenvalue weighted by Gasteiger charge is -1.97. The van der Waals surface area contributed by atoms with E-state index in [0.29, 0.717) is 30.2 Å². The van der Waals surface area contributed by atoms with Crippen LogP contribution in [0.3, 0.4) is 0 Å². The molecule has 21 heavy (non-hydrogen) atoms. The van der Waals surface area contributed by atoms with Gasteiger partial charge in [0.05, 0.1) is 11.8 Å². The van der Waals surface area contributed by atoms with Crippen molar-refractivity contribution in [2.24, 2.45) is 0 Å². The van der Waals surface area contributed by atoms with Crippen LogP contribution in [0.4, 0.5) is 0 Å². The van der Waals surface area contributed by atoms with Gasteiger partial charge in [-0.15, -0.1) is 10.2 Å². The maximum atomic E-state index is 10.9. The Bertz CT molecular complexity index is 747. The zero-order chi connectivity index (χ0) is 14.7. The zero-order valence-corrected chi connectivity index (χ0v) is 11.0. The second-order valence-electron chi connectivity index (χ2n) is 4.47. The first kappa shape index (κ1) is 13.1. The lowest BCUT2D eigenvalue weighted by atomic mass is 10.1. The van der Waals surface area contributed by atoms with Crippen molar-refractivity contribution >= 4 is 5.97 Å². The molecule has 0 amide bonds. The summed E-state index contributed by atoms with van der Waals surface area (Å²) < 4.78 is 10.8. The van der Waals surface area contributed by atoms with Gasteiger partial charge in [-0.25, -0.2) is 4.79 Å². The van der Waals surface area contributed by atoms with Gasteiger partial charge in [0.25, 0.3) is 0 Å². The van der Waals surface area contributed by atoms with Crippen molar-refractivity contribution < 1.29 is 18.7 Å². The minimum atomic E-state index is -0.991. The van der Waals surface area contributed by atoms with Crippen molar-refractivity contribution in [3.8, 4) is 11.5 Å². The third-order valence-corrected chi connectivity index (χ3v) is 2.99.